The van der Waals surface area contributed by atoms with E-state index < -0.39 is 0 Å². The lowest BCUT2D eigenvalue weighted by Gasteiger charge is -1.87. The van der Waals surface area contributed by atoms with Gasteiger partial charge in [0, 0.05) is 21.8 Å². The molecule has 0 atom stereocenters. The predicted octanol–water partition coefficient (Wildman–Crippen LogP) is 3.41. The second kappa shape index (κ2) is 7.98. The first-order valence-electron chi connectivity index (χ1n) is 7.60. The van der Waals surface area contributed by atoms with E-state index in [1.807, 2.05) is 0 Å². The number of para-hydroxylation sites is 2. The summed E-state index contributed by atoms with van der Waals surface area (Å²) in [4.78, 5) is 10.9. The maximum atomic E-state index is 4.65. The molecule has 3 aromatic rings. The summed E-state index contributed by atoms with van der Waals surface area (Å²) in [7, 11) is 0. The van der Waals surface area contributed by atoms with Gasteiger partial charge in [0.15, 0.2) is 12.8 Å². The molecule has 5 nitrogen and oxygen atoms in total. The number of aromatic nitrogens is 1. The number of hydrogen-bond donors (Lipinski definition) is 1. The molecule has 1 aromatic heterocycles. The molecule has 0 bridgehead atoms. The van der Waals surface area contributed by atoms with Gasteiger partial charge in [0.25, 0.3) is 0 Å². The van der Waals surface area contributed by atoms with Crippen LogP contribution in [0.1, 0.15) is 0 Å². The molecule has 5 heteroatoms. The fourth-order valence-electron chi connectivity index (χ4n) is 2.33. The van der Waals surface area contributed by atoms with Crippen molar-refractivity contribution in [2.45, 2.75) is 0 Å². The van der Waals surface area contributed by atoms with Gasteiger partial charge in [0.05, 0.1) is 13.1 Å². The number of aliphatic imine (C=N–C) groups is 2. The molecule has 0 unspecified atom stereocenters. The Hall–Kier alpha value is -2.82. The standard InChI is InChI=1S/C12H9N.2C3H5NO/c1-3-7-11-9(5-1)10-6-2-4-8-12(10)13-11;2*1-2-5-3-4-1/h1-8,13H;2*3H,1-2H2. The van der Waals surface area contributed by atoms with E-state index in [9.17, 15) is 0 Å². The third kappa shape index (κ3) is 4.10. The van der Waals surface area contributed by atoms with Crippen molar-refractivity contribution in [3.05, 3.63) is 48.5 Å². The van der Waals surface area contributed by atoms with Crippen LogP contribution in [0.3, 0.4) is 0 Å². The van der Waals surface area contributed by atoms with Crippen LogP contribution in [0.5, 0.6) is 0 Å². The van der Waals surface area contributed by atoms with Crippen LogP contribution in [0.25, 0.3) is 21.8 Å². The van der Waals surface area contributed by atoms with E-state index in [1.165, 1.54) is 34.6 Å². The summed E-state index contributed by atoms with van der Waals surface area (Å²) >= 11 is 0. The third-order valence-electron chi connectivity index (χ3n) is 3.39. The van der Waals surface area contributed by atoms with E-state index in [-0.39, 0.29) is 0 Å². The summed E-state index contributed by atoms with van der Waals surface area (Å²) in [5.74, 6) is 0. The highest BCUT2D eigenvalue weighted by Gasteiger charge is 2.00. The van der Waals surface area contributed by atoms with Crippen molar-refractivity contribution in [3.8, 4) is 0 Å². The molecule has 5 rings (SSSR count). The molecule has 2 aromatic carbocycles. The normalized spacial score (nSPS) is 14.6. The fraction of sp³-hybridized carbons (Fsp3) is 0.222. The van der Waals surface area contributed by atoms with Crippen LogP contribution in [-0.2, 0) is 9.47 Å². The van der Waals surface area contributed by atoms with E-state index >= 15 is 0 Å². The fourth-order valence-corrected chi connectivity index (χ4v) is 2.33. The SMILES string of the molecule is C1=NCCO1.C1=NCCO1.c1ccc2c(c1)[nH]c1ccccc12. The van der Waals surface area contributed by atoms with Crippen molar-refractivity contribution in [2.75, 3.05) is 26.3 Å². The minimum Gasteiger partial charge on any atom is -0.482 e. The van der Waals surface area contributed by atoms with Crippen LogP contribution < -0.4 is 0 Å². The smallest absolute Gasteiger partial charge is 0.169 e. The highest BCUT2D eigenvalue weighted by molar-refractivity contribution is 6.06. The number of aromatic amines is 1. The van der Waals surface area contributed by atoms with Gasteiger partial charge in [-0.25, -0.2) is 0 Å². The van der Waals surface area contributed by atoms with Crippen LogP contribution in [0, 0.1) is 0 Å². The summed E-state index contributed by atoms with van der Waals surface area (Å²) in [6, 6.07) is 16.8. The summed E-state index contributed by atoms with van der Waals surface area (Å²) in [5.41, 5.74) is 2.42. The zero-order valence-corrected chi connectivity index (χ0v) is 12.8. The van der Waals surface area contributed by atoms with E-state index in [1.54, 1.807) is 0 Å². The Morgan fingerprint density at radius 2 is 1.17 bits per heavy atom. The molecular formula is C18H19N3O2. The average molecular weight is 309 g/mol. The molecular weight excluding hydrogens is 290 g/mol. The molecule has 0 aliphatic carbocycles. The van der Waals surface area contributed by atoms with Crippen molar-refractivity contribution >= 4 is 34.6 Å². The predicted molar refractivity (Wildman–Crippen MR) is 94.4 cm³/mol. The Labute approximate surface area is 134 Å². The summed E-state index contributed by atoms with van der Waals surface area (Å²) in [5, 5.41) is 2.61. The van der Waals surface area contributed by atoms with Gasteiger partial charge in [-0.1, -0.05) is 36.4 Å². The molecule has 0 saturated heterocycles. The lowest BCUT2D eigenvalue weighted by molar-refractivity contribution is 0.361. The maximum absolute atomic E-state index is 4.65. The first-order valence-corrected chi connectivity index (χ1v) is 7.60. The van der Waals surface area contributed by atoms with E-state index in [0.29, 0.717) is 0 Å². The Balaban J connectivity index is 0.000000128. The molecule has 1 N–H and O–H groups in total. The molecule has 3 heterocycles. The van der Waals surface area contributed by atoms with E-state index in [2.05, 4.69) is 73.0 Å². The summed E-state index contributed by atoms with van der Waals surface area (Å²) in [6.45, 7) is 3.25. The van der Waals surface area contributed by atoms with E-state index in [0.717, 1.165) is 26.3 Å². The van der Waals surface area contributed by atoms with Gasteiger partial charge >= 0.3 is 0 Å². The van der Waals surface area contributed by atoms with Crippen molar-refractivity contribution in [2.24, 2.45) is 9.98 Å². The lowest BCUT2D eigenvalue weighted by atomic mass is 10.2. The quantitative estimate of drug-likeness (QED) is 0.692. The molecule has 23 heavy (non-hydrogen) atoms. The minimum absolute atomic E-state index is 0.778. The third-order valence-corrected chi connectivity index (χ3v) is 3.39. The van der Waals surface area contributed by atoms with Crippen molar-refractivity contribution in [1.82, 2.24) is 4.98 Å². The largest absolute Gasteiger partial charge is 0.482 e. The summed E-state index contributed by atoms with van der Waals surface area (Å²) in [6.07, 6.45) is 2.97. The topological polar surface area (TPSA) is 59.0 Å². The van der Waals surface area contributed by atoms with Gasteiger partial charge in [-0.3, -0.25) is 9.98 Å². The van der Waals surface area contributed by atoms with Crippen LogP contribution >= 0.6 is 0 Å². The first kappa shape index (κ1) is 15.1. The van der Waals surface area contributed by atoms with Gasteiger partial charge < -0.3 is 14.5 Å². The van der Waals surface area contributed by atoms with E-state index in [4.69, 9.17) is 0 Å². The second-order valence-electron chi connectivity index (χ2n) is 4.98. The second-order valence-corrected chi connectivity index (χ2v) is 4.98. The highest BCUT2D eigenvalue weighted by Crippen LogP contribution is 2.24. The zero-order chi connectivity index (χ0) is 15.7. The monoisotopic (exact) mass is 309 g/mol. The number of nitrogens with zero attached hydrogens (tertiary/aromatic N) is 2. The van der Waals surface area contributed by atoms with Gasteiger partial charge in [0.1, 0.15) is 13.2 Å². The highest BCUT2D eigenvalue weighted by atomic mass is 16.5. The summed E-state index contributed by atoms with van der Waals surface area (Å²) < 4.78 is 9.31. The molecule has 0 fully saturated rings. The van der Waals surface area contributed by atoms with Crippen LogP contribution in [-0.4, -0.2) is 44.1 Å². The Morgan fingerprint density at radius 1 is 0.696 bits per heavy atom. The number of nitrogens with one attached hydrogen (secondary N) is 1. The Kier molecular flexibility index (Phi) is 5.24. The van der Waals surface area contributed by atoms with Gasteiger partial charge in [0.2, 0.25) is 0 Å². The maximum Gasteiger partial charge on any atom is 0.169 e. The average Bonchev–Trinajstić information content (AvgIpc) is 3.38. The van der Waals surface area contributed by atoms with Gasteiger partial charge in [-0.15, -0.1) is 0 Å². The zero-order valence-electron chi connectivity index (χ0n) is 12.8. The molecule has 0 radical (unpaired) electrons. The molecule has 0 amide bonds. The Morgan fingerprint density at radius 3 is 1.52 bits per heavy atom. The van der Waals surface area contributed by atoms with Crippen molar-refractivity contribution in [3.63, 3.8) is 0 Å². The molecule has 0 saturated carbocycles. The molecule has 118 valence electrons. The number of ether oxygens (including phenoxy) is 2. The van der Waals surface area contributed by atoms with Gasteiger partial charge in [-0.05, 0) is 12.1 Å². The van der Waals surface area contributed by atoms with Crippen LogP contribution in [0.4, 0.5) is 0 Å². The first-order chi connectivity index (χ1) is 11.4. The number of hydrogen-bond acceptors (Lipinski definition) is 4. The van der Waals surface area contributed by atoms with Gasteiger partial charge in [-0.2, -0.15) is 0 Å². The minimum atomic E-state index is 0.778. The lowest BCUT2D eigenvalue weighted by Crippen LogP contribution is -1.80. The van der Waals surface area contributed by atoms with Crippen molar-refractivity contribution in [1.29, 1.82) is 0 Å². The number of benzene rings is 2. The number of fused-ring (bicyclic) bond motifs is 3. The molecule has 2 aliphatic heterocycles. The molecule has 2 aliphatic rings. The number of H-pyrrole nitrogens is 1. The molecule has 0 spiro atoms. The van der Waals surface area contributed by atoms with Crippen LogP contribution in [0.15, 0.2) is 58.5 Å². The van der Waals surface area contributed by atoms with Crippen LogP contribution in [0.2, 0.25) is 0 Å². The number of rotatable bonds is 0. The van der Waals surface area contributed by atoms with Crippen molar-refractivity contribution < 1.29 is 9.47 Å². The Bertz CT molecular complexity index is 730.